The minimum absolute atomic E-state index is 0.154. The van der Waals surface area contributed by atoms with Gasteiger partial charge in [0, 0.05) is 19.1 Å². The first-order valence-electron chi connectivity index (χ1n) is 6.77. The predicted octanol–water partition coefficient (Wildman–Crippen LogP) is 1.05. The number of nitrogens with two attached hydrogens (primary N) is 1. The highest BCUT2D eigenvalue weighted by Crippen LogP contribution is 2.31. The van der Waals surface area contributed by atoms with E-state index in [0.717, 1.165) is 38.5 Å². The van der Waals surface area contributed by atoms with Gasteiger partial charge in [-0.1, -0.05) is 6.42 Å². The van der Waals surface area contributed by atoms with Crippen LogP contribution in [0.2, 0.25) is 0 Å². The highest BCUT2D eigenvalue weighted by atomic mass is 16.5. The number of ether oxygens (including phenoxy) is 1. The smallest absolute Gasteiger partial charge is 0.223 e. The third-order valence-electron chi connectivity index (χ3n) is 4.36. The van der Waals surface area contributed by atoms with E-state index in [1.54, 1.807) is 7.11 Å². The second-order valence-corrected chi connectivity index (χ2v) is 5.41. The molecule has 2 aliphatic rings. The van der Waals surface area contributed by atoms with Crippen molar-refractivity contribution in [2.24, 2.45) is 17.6 Å². The third-order valence-corrected chi connectivity index (χ3v) is 4.36. The number of carbonyl (C=O) groups excluding carboxylic acids is 1. The molecule has 0 aromatic carbocycles. The molecule has 4 unspecified atom stereocenters. The van der Waals surface area contributed by atoms with Crippen LogP contribution in [-0.4, -0.2) is 31.7 Å². The molecule has 0 aliphatic heterocycles. The number of rotatable bonds is 4. The van der Waals surface area contributed by atoms with Crippen molar-refractivity contribution in [3.05, 3.63) is 0 Å². The Hall–Kier alpha value is -0.610. The molecule has 4 nitrogen and oxygen atoms in total. The predicted molar refractivity (Wildman–Crippen MR) is 66.5 cm³/mol. The van der Waals surface area contributed by atoms with Crippen LogP contribution in [0.25, 0.3) is 0 Å². The van der Waals surface area contributed by atoms with Gasteiger partial charge in [0.25, 0.3) is 0 Å². The summed E-state index contributed by atoms with van der Waals surface area (Å²) in [6.45, 7) is 0.642. The summed E-state index contributed by atoms with van der Waals surface area (Å²) in [5.41, 5.74) is 5.71. The number of carbonyl (C=O) groups is 1. The lowest BCUT2D eigenvalue weighted by atomic mass is 9.95. The van der Waals surface area contributed by atoms with Crippen molar-refractivity contribution in [2.75, 3.05) is 13.7 Å². The number of amides is 1. The Labute approximate surface area is 103 Å². The molecule has 0 heterocycles. The fraction of sp³-hybridized carbons (Fsp3) is 0.923. The number of hydrogen-bond donors (Lipinski definition) is 2. The fourth-order valence-corrected chi connectivity index (χ4v) is 3.26. The van der Waals surface area contributed by atoms with Gasteiger partial charge in [-0.25, -0.2) is 0 Å². The van der Waals surface area contributed by atoms with Crippen molar-refractivity contribution < 1.29 is 9.53 Å². The highest BCUT2D eigenvalue weighted by Gasteiger charge is 2.34. The lowest BCUT2D eigenvalue weighted by molar-refractivity contribution is -0.126. The molecule has 0 saturated heterocycles. The molecule has 0 radical (unpaired) electrons. The topological polar surface area (TPSA) is 64.3 Å². The average molecular weight is 240 g/mol. The van der Waals surface area contributed by atoms with E-state index in [0.29, 0.717) is 24.6 Å². The van der Waals surface area contributed by atoms with Gasteiger partial charge >= 0.3 is 0 Å². The van der Waals surface area contributed by atoms with E-state index in [2.05, 4.69) is 5.32 Å². The van der Waals surface area contributed by atoms with Crippen LogP contribution in [0.15, 0.2) is 0 Å². The minimum atomic E-state index is 0.154. The first-order chi connectivity index (χ1) is 8.24. The summed E-state index contributed by atoms with van der Waals surface area (Å²) >= 11 is 0. The Balaban J connectivity index is 1.81. The molecule has 3 N–H and O–H groups in total. The van der Waals surface area contributed by atoms with E-state index in [1.165, 1.54) is 0 Å². The molecule has 2 aliphatic carbocycles. The molecule has 0 aromatic rings. The zero-order chi connectivity index (χ0) is 12.3. The summed E-state index contributed by atoms with van der Waals surface area (Å²) in [5, 5.41) is 3.17. The summed E-state index contributed by atoms with van der Waals surface area (Å²) in [6, 6.07) is 0.312. The Kier molecular flexibility index (Phi) is 4.40. The summed E-state index contributed by atoms with van der Waals surface area (Å²) in [5.74, 6) is 0.774. The van der Waals surface area contributed by atoms with Gasteiger partial charge in [-0.2, -0.15) is 0 Å². The van der Waals surface area contributed by atoms with Crippen LogP contribution < -0.4 is 11.1 Å². The monoisotopic (exact) mass is 240 g/mol. The van der Waals surface area contributed by atoms with Crippen LogP contribution in [0.4, 0.5) is 0 Å². The molecule has 1 amide bonds. The lowest BCUT2D eigenvalue weighted by Gasteiger charge is -2.20. The van der Waals surface area contributed by atoms with Crippen molar-refractivity contribution in [1.29, 1.82) is 0 Å². The molecule has 0 bridgehead atoms. The summed E-state index contributed by atoms with van der Waals surface area (Å²) in [4.78, 5) is 12.2. The highest BCUT2D eigenvalue weighted by molar-refractivity contribution is 5.79. The SMILES string of the molecule is COC1CCC(NC(=O)C2CCCC2CN)C1. The van der Waals surface area contributed by atoms with E-state index in [4.69, 9.17) is 10.5 Å². The lowest BCUT2D eigenvalue weighted by Crippen LogP contribution is -2.40. The van der Waals surface area contributed by atoms with Crippen molar-refractivity contribution in [2.45, 2.75) is 50.7 Å². The summed E-state index contributed by atoms with van der Waals surface area (Å²) < 4.78 is 5.32. The molecule has 98 valence electrons. The Bertz CT molecular complexity index is 270. The van der Waals surface area contributed by atoms with Crippen LogP contribution in [0.5, 0.6) is 0 Å². The molecule has 4 heteroatoms. The number of methoxy groups -OCH3 is 1. The number of nitrogens with one attached hydrogen (secondary N) is 1. The maximum atomic E-state index is 12.2. The molecular formula is C13H24N2O2. The van der Waals surface area contributed by atoms with E-state index in [1.807, 2.05) is 0 Å². The van der Waals surface area contributed by atoms with Crippen LogP contribution >= 0.6 is 0 Å². The first kappa shape index (κ1) is 12.8. The normalized spacial score (nSPS) is 37.3. The molecule has 2 rings (SSSR count). The Morgan fingerprint density at radius 1 is 1.35 bits per heavy atom. The van der Waals surface area contributed by atoms with Gasteiger partial charge < -0.3 is 15.8 Å². The molecule has 17 heavy (non-hydrogen) atoms. The van der Waals surface area contributed by atoms with E-state index < -0.39 is 0 Å². The van der Waals surface area contributed by atoms with Gasteiger partial charge in [-0.15, -0.1) is 0 Å². The molecule has 4 atom stereocenters. The molecule has 2 saturated carbocycles. The largest absolute Gasteiger partial charge is 0.381 e. The summed E-state index contributed by atoms with van der Waals surface area (Å²) in [7, 11) is 1.75. The zero-order valence-electron chi connectivity index (χ0n) is 10.7. The quantitative estimate of drug-likeness (QED) is 0.772. The molecular weight excluding hydrogens is 216 g/mol. The maximum absolute atomic E-state index is 12.2. The van der Waals surface area contributed by atoms with E-state index in [-0.39, 0.29) is 11.8 Å². The van der Waals surface area contributed by atoms with Crippen molar-refractivity contribution in [1.82, 2.24) is 5.32 Å². The number of hydrogen-bond acceptors (Lipinski definition) is 3. The van der Waals surface area contributed by atoms with E-state index in [9.17, 15) is 4.79 Å². The standard InChI is InChI=1S/C13H24N2O2/c1-17-11-6-5-10(7-11)15-13(16)12-4-2-3-9(12)8-14/h9-12H,2-8,14H2,1H3,(H,15,16). The van der Waals surface area contributed by atoms with Gasteiger partial charge in [0.15, 0.2) is 0 Å². The second-order valence-electron chi connectivity index (χ2n) is 5.41. The molecule has 0 spiro atoms. The van der Waals surface area contributed by atoms with Crippen LogP contribution in [0.3, 0.4) is 0 Å². The van der Waals surface area contributed by atoms with Gasteiger partial charge in [-0.05, 0) is 44.6 Å². The van der Waals surface area contributed by atoms with Gasteiger partial charge in [0.2, 0.25) is 5.91 Å². The van der Waals surface area contributed by atoms with Gasteiger partial charge in [-0.3, -0.25) is 4.79 Å². The van der Waals surface area contributed by atoms with E-state index >= 15 is 0 Å². The molecule has 0 aromatic heterocycles. The first-order valence-corrected chi connectivity index (χ1v) is 6.77. The minimum Gasteiger partial charge on any atom is -0.381 e. The van der Waals surface area contributed by atoms with Crippen LogP contribution in [0, 0.1) is 11.8 Å². The van der Waals surface area contributed by atoms with Crippen molar-refractivity contribution in [3.8, 4) is 0 Å². The van der Waals surface area contributed by atoms with Crippen molar-refractivity contribution in [3.63, 3.8) is 0 Å². The fourth-order valence-electron chi connectivity index (χ4n) is 3.26. The van der Waals surface area contributed by atoms with Gasteiger partial charge in [0.05, 0.1) is 6.10 Å². The van der Waals surface area contributed by atoms with Crippen LogP contribution in [-0.2, 0) is 9.53 Å². The Morgan fingerprint density at radius 3 is 2.82 bits per heavy atom. The third kappa shape index (κ3) is 2.99. The average Bonchev–Trinajstić information content (AvgIpc) is 2.96. The zero-order valence-corrected chi connectivity index (χ0v) is 10.7. The maximum Gasteiger partial charge on any atom is 0.223 e. The van der Waals surface area contributed by atoms with Crippen LogP contribution in [0.1, 0.15) is 38.5 Å². The molecule has 2 fully saturated rings. The van der Waals surface area contributed by atoms with Gasteiger partial charge in [0.1, 0.15) is 0 Å². The van der Waals surface area contributed by atoms with Crippen molar-refractivity contribution >= 4 is 5.91 Å². The Morgan fingerprint density at radius 2 is 2.18 bits per heavy atom. The summed E-state index contributed by atoms with van der Waals surface area (Å²) in [6.07, 6.45) is 6.66. The second kappa shape index (κ2) is 5.83.